The van der Waals surface area contributed by atoms with Gasteiger partial charge in [0.25, 0.3) is 0 Å². The van der Waals surface area contributed by atoms with Gasteiger partial charge in [0.2, 0.25) is 0 Å². The summed E-state index contributed by atoms with van der Waals surface area (Å²) in [5, 5.41) is 34.8. The minimum Gasteiger partial charge on any atom is -0.733 e. The van der Waals surface area contributed by atoms with Crippen molar-refractivity contribution in [2.24, 2.45) is 4.99 Å². The molecule has 0 saturated carbocycles. The fourth-order valence-corrected chi connectivity index (χ4v) is 4.07. The Kier molecular flexibility index (Phi) is 4.54. The molecule has 7 nitrogen and oxygen atoms in total. The Labute approximate surface area is 178 Å². The fraction of sp³-hybridized carbons (Fsp3) is 0.0833. The van der Waals surface area contributed by atoms with E-state index in [4.69, 9.17) is 4.99 Å². The topological polar surface area (TPSA) is 108 Å². The minimum atomic E-state index is -0.348. The number of nitrogens with one attached hydrogen (secondary N) is 1. The third kappa shape index (κ3) is 3.26. The second-order valence-electron chi connectivity index (χ2n) is 7.44. The molecule has 0 amide bonds. The van der Waals surface area contributed by atoms with Crippen molar-refractivity contribution in [3.8, 4) is 0 Å². The van der Waals surface area contributed by atoms with Crippen LogP contribution in [0.15, 0.2) is 83.4 Å². The standard InChI is InChI=1S/C24H18N3O4/c28-23-16-8-1-2-9-17(16)24(29)22(23)21-13-20(14-6-5-7-15(12-14)27(30)31)25-18-10-3-4-11-19(18)26-21/h1-12,20,25,28,30H,13H2/q-1/t20-/m1/s1. The normalized spacial score (nSPS) is 17.4. The summed E-state index contributed by atoms with van der Waals surface area (Å²) >= 11 is 0. The molecule has 2 aliphatic rings. The second kappa shape index (κ2) is 7.39. The second-order valence-corrected chi connectivity index (χ2v) is 7.44. The highest BCUT2D eigenvalue weighted by Gasteiger charge is 2.34. The van der Waals surface area contributed by atoms with Crippen molar-refractivity contribution in [3.63, 3.8) is 0 Å². The van der Waals surface area contributed by atoms with E-state index in [0.29, 0.717) is 28.9 Å². The van der Waals surface area contributed by atoms with Gasteiger partial charge in [-0.25, -0.2) is 0 Å². The molecule has 1 aliphatic heterocycles. The smallest absolute Gasteiger partial charge is 0.199 e. The van der Waals surface area contributed by atoms with Crippen LogP contribution in [0.3, 0.4) is 0 Å². The number of benzene rings is 3. The third-order valence-electron chi connectivity index (χ3n) is 5.56. The van der Waals surface area contributed by atoms with Crippen LogP contribution in [0.25, 0.3) is 5.76 Å². The number of allylic oxidation sites excluding steroid dienone is 1. The van der Waals surface area contributed by atoms with Crippen LogP contribution in [0.1, 0.15) is 33.9 Å². The number of Topliss-reactive ketones (excluding diaryl/α,β-unsaturated/α-hetero) is 1. The maximum absolute atomic E-state index is 13.1. The predicted octanol–water partition coefficient (Wildman–Crippen LogP) is 5.18. The molecule has 3 N–H and O–H groups in total. The lowest BCUT2D eigenvalue weighted by Crippen LogP contribution is -2.18. The molecule has 0 unspecified atom stereocenters. The van der Waals surface area contributed by atoms with Crippen molar-refractivity contribution in [3.05, 3.63) is 100 Å². The Balaban J connectivity index is 1.63. The number of para-hydroxylation sites is 2. The van der Waals surface area contributed by atoms with E-state index in [0.717, 1.165) is 11.3 Å². The van der Waals surface area contributed by atoms with Crippen LogP contribution in [-0.4, -0.2) is 21.8 Å². The Bertz CT molecular complexity index is 1260. The zero-order valence-electron chi connectivity index (χ0n) is 16.3. The first-order valence-corrected chi connectivity index (χ1v) is 9.80. The molecule has 5 rings (SSSR count). The number of anilines is 2. The summed E-state index contributed by atoms with van der Waals surface area (Å²) in [4.78, 5) is 17.8. The van der Waals surface area contributed by atoms with Gasteiger partial charge >= 0.3 is 0 Å². The Morgan fingerprint density at radius 1 is 1.00 bits per heavy atom. The number of aliphatic hydroxyl groups excluding tert-OH is 1. The van der Waals surface area contributed by atoms with E-state index in [1.807, 2.05) is 30.3 Å². The van der Waals surface area contributed by atoms with Gasteiger partial charge < -0.3 is 20.9 Å². The number of hydrogen-bond donors (Lipinski definition) is 3. The molecular formula is C24H18N3O4-. The number of fused-ring (bicyclic) bond motifs is 2. The van der Waals surface area contributed by atoms with Crippen molar-refractivity contribution in [1.82, 2.24) is 0 Å². The number of hydrogen-bond acceptors (Lipinski definition) is 7. The van der Waals surface area contributed by atoms with Gasteiger partial charge in [-0.05, 0) is 29.8 Å². The summed E-state index contributed by atoms with van der Waals surface area (Å²) in [5.74, 6) is -0.341. The molecule has 1 atom stereocenters. The first-order chi connectivity index (χ1) is 15.0. The molecule has 7 heteroatoms. The molecule has 0 fully saturated rings. The highest BCUT2D eigenvalue weighted by molar-refractivity contribution is 6.36. The first-order valence-electron chi connectivity index (χ1n) is 9.80. The Morgan fingerprint density at radius 3 is 2.52 bits per heavy atom. The zero-order chi connectivity index (χ0) is 21.5. The average molecular weight is 412 g/mol. The largest absolute Gasteiger partial charge is 0.733 e. The number of carbonyl (C=O) groups excluding carboxylic acids is 1. The van der Waals surface area contributed by atoms with Crippen LogP contribution in [0.5, 0.6) is 0 Å². The number of rotatable bonds is 3. The number of aliphatic imine (C=N–C) groups is 1. The van der Waals surface area contributed by atoms with Gasteiger partial charge in [0.05, 0.1) is 34.4 Å². The number of aliphatic hydroxyl groups is 1. The summed E-state index contributed by atoms with van der Waals surface area (Å²) in [6, 6.07) is 20.6. The maximum Gasteiger partial charge on any atom is 0.199 e. The van der Waals surface area contributed by atoms with Crippen molar-refractivity contribution >= 4 is 34.3 Å². The lowest BCUT2D eigenvalue weighted by Gasteiger charge is -2.24. The molecule has 0 aromatic heterocycles. The van der Waals surface area contributed by atoms with Crippen LogP contribution in [0.4, 0.5) is 17.1 Å². The molecule has 0 bridgehead atoms. The Hall–Kier alpha value is -3.94. The minimum absolute atomic E-state index is 0.0766. The van der Waals surface area contributed by atoms with Gasteiger partial charge in [0.1, 0.15) is 5.76 Å². The fourth-order valence-electron chi connectivity index (χ4n) is 4.07. The molecule has 154 valence electrons. The van der Waals surface area contributed by atoms with Crippen LogP contribution in [0, 0.1) is 5.21 Å². The summed E-state index contributed by atoms with van der Waals surface area (Å²) in [6.45, 7) is 0. The van der Waals surface area contributed by atoms with Gasteiger partial charge in [0, 0.05) is 17.5 Å². The lowest BCUT2D eigenvalue weighted by atomic mass is 9.95. The summed E-state index contributed by atoms with van der Waals surface area (Å²) in [6.07, 6.45) is 0.293. The van der Waals surface area contributed by atoms with Crippen molar-refractivity contribution in [2.75, 3.05) is 10.5 Å². The number of ketones is 1. The van der Waals surface area contributed by atoms with E-state index in [1.165, 1.54) is 6.07 Å². The molecule has 1 heterocycles. The number of carbonyl (C=O) groups is 1. The third-order valence-corrected chi connectivity index (χ3v) is 5.56. The first kappa shape index (κ1) is 19.0. The maximum atomic E-state index is 13.1. The van der Waals surface area contributed by atoms with Crippen LogP contribution < -0.4 is 10.5 Å². The van der Waals surface area contributed by atoms with Crippen molar-refractivity contribution < 1.29 is 15.1 Å². The lowest BCUT2D eigenvalue weighted by molar-refractivity contribution is 0.104. The van der Waals surface area contributed by atoms with Crippen LogP contribution >= 0.6 is 0 Å². The Morgan fingerprint density at radius 2 is 1.74 bits per heavy atom. The zero-order valence-corrected chi connectivity index (χ0v) is 16.3. The summed E-state index contributed by atoms with van der Waals surface area (Å²) in [7, 11) is 0. The highest BCUT2D eigenvalue weighted by atomic mass is 16.8. The molecule has 0 saturated heterocycles. The quantitative estimate of drug-likeness (QED) is 0.512. The summed E-state index contributed by atoms with van der Waals surface area (Å²) in [5.41, 5.74) is 3.83. The monoisotopic (exact) mass is 412 g/mol. The van der Waals surface area contributed by atoms with Crippen LogP contribution in [0.2, 0.25) is 0 Å². The molecule has 0 spiro atoms. The van der Waals surface area contributed by atoms with Gasteiger partial charge in [-0.3, -0.25) is 15.0 Å². The van der Waals surface area contributed by atoms with Crippen molar-refractivity contribution in [2.45, 2.75) is 12.5 Å². The van der Waals surface area contributed by atoms with Crippen LogP contribution in [-0.2, 0) is 0 Å². The van der Waals surface area contributed by atoms with E-state index in [1.54, 1.807) is 36.4 Å². The van der Waals surface area contributed by atoms with Gasteiger partial charge in [-0.15, -0.1) is 0 Å². The molecule has 0 radical (unpaired) electrons. The molecule has 31 heavy (non-hydrogen) atoms. The molecule has 1 aliphatic carbocycles. The number of nitrogens with zero attached hydrogens (tertiary/aromatic N) is 2. The van der Waals surface area contributed by atoms with Gasteiger partial charge in [0.15, 0.2) is 5.78 Å². The molecule has 3 aromatic rings. The van der Waals surface area contributed by atoms with Crippen molar-refractivity contribution in [1.29, 1.82) is 0 Å². The molecule has 3 aromatic carbocycles. The van der Waals surface area contributed by atoms with E-state index < -0.39 is 0 Å². The average Bonchev–Trinajstić information content (AvgIpc) is 2.93. The van der Waals surface area contributed by atoms with E-state index in [-0.39, 0.29) is 34.1 Å². The van der Waals surface area contributed by atoms with Gasteiger partial charge in [-0.2, -0.15) is 0 Å². The highest BCUT2D eigenvalue weighted by Crippen LogP contribution is 2.39. The van der Waals surface area contributed by atoms with E-state index in [2.05, 4.69) is 5.32 Å². The molecular weight excluding hydrogens is 394 g/mol. The van der Waals surface area contributed by atoms with E-state index in [9.17, 15) is 20.3 Å². The van der Waals surface area contributed by atoms with Gasteiger partial charge in [-0.1, -0.05) is 48.5 Å². The van der Waals surface area contributed by atoms with E-state index >= 15 is 0 Å². The summed E-state index contributed by atoms with van der Waals surface area (Å²) < 4.78 is 0. The SMILES string of the molecule is O=C1C(C2=Nc3ccccc3N[C@@H](c3cccc(N([O-])O)c3)C2)=C(O)c2ccccc21. The predicted molar refractivity (Wildman–Crippen MR) is 119 cm³/mol.